The van der Waals surface area contributed by atoms with Gasteiger partial charge in [0, 0.05) is 31.0 Å². The minimum Gasteiger partial charge on any atom is -0.346 e. The van der Waals surface area contributed by atoms with E-state index in [2.05, 4.69) is 6.92 Å². The molecule has 1 aliphatic heterocycles. The third-order valence-electron chi connectivity index (χ3n) is 3.62. The number of nitrogens with zero attached hydrogens (tertiary/aromatic N) is 2. The minimum atomic E-state index is -3.36. The van der Waals surface area contributed by atoms with Crippen molar-refractivity contribution in [3.63, 3.8) is 0 Å². The van der Waals surface area contributed by atoms with Gasteiger partial charge in [-0.3, -0.25) is 0 Å². The summed E-state index contributed by atoms with van der Waals surface area (Å²) in [5.74, 6) is 0.763. The van der Waals surface area contributed by atoms with Crippen molar-refractivity contribution < 1.29 is 8.42 Å². The summed E-state index contributed by atoms with van der Waals surface area (Å²) in [6, 6.07) is 1.90. The van der Waals surface area contributed by atoms with Gasteiger partial charge in [-0.2, -0.15) is 4.31 Å². The summed E-state index contributed by atoms with van der Waals surface area (Å²) in [5.41, 5.74) is 0.850. The second-order valence-corrected chi connectivity index (χ2v) is 7.76. The summed E-state index contributed by atoms with van der Waals surface area (Å²) in [6.07, 6.45) is 2.65. The van der Waals surface area contributed by atoms with Gasteiger partial charge in [0.2, 0.25) is 10.0 Å². The van der Waals surface area contributed by atoms with Crippen molar-refractivity contribution in [1.82, 2.24) is 8.87 Å². The van der Waals surface area contributed by atoms with Crippen molar-refractivity contribution in [3.05, 3.63) is 18.0 Å². The Morgan fingerprint density at radius 2 is 2.16 bits per heavy atom. The van der Waals surface area contributed by atoms with Crippen LogP contribution in [0, 0.1) is 5.92 Å². The van der Waals surface area contributed by atoms with E-state index in [4.69, 9.17) is 11.6 Å². The zero-order chi connectivity index (χ0) is 14.2. The fourth-order valence-corrected chi connectivity index (χ4v) is 4.33. The van der Waals surface area contributed by atoms with Crippen LogP contribution >= 0.6 is 11.6 Å². The molecule has 108 valence electrons. The molecule has 0 spiro atoms. The number of sulfonamides is 1. The molecule has 0 amide bonds. The zero-order valence-corrected chi connectivity index (χ0v) is 13.2. The maximum absolute atomic E-state index is 12.6. The molecule has 4 nitrogen and oxygen atoms in total. The number of aromatic nitrogens is 1. The topological polar surface area (TPSA) is 42.3 Å². The van der Waals surface area contributed by atoms with Gasteiger partial charge in [-0.1, -0.05) is 6.92 Å². The molecule has 1 saturated heterocycles. The van der Waals surface area contributed by atoms with Gasteiger partial charge in [0.05, 0.1) is 5.88 Å². The third kappa shape index (κ3) is 2.83. The van der Waals surface area contributed by atoms with Gasteiger partial charge < -0.3 is 4.57 Å². The summed E-state index contributed by atoms with van der Waals surface area (Å²) in [7, 11) is -3.36. The molecule has 1 fully saturated rings. The Balaban J connectivity index is 2.36. The van der Waals surface area contributed by atoms with E-state index in [1.165, 1.54) is 0 Å². The first kappa shape index (κ1) is 14.9. The van der Waals surface area contributed by atoms with E-state index in [1.807, 2.05) is 18.4 Å². The second-order valence-electron chi connectivity index (χ2n) is 5.56. The molecule has 2 heterocycles. The van der Waals surface area contributed by atoms with Crippen LogP contribution in [0.2, 0.25) is 0 Å². The van der Waals surface area contributed by atoms with Crippen molar-refractivity contribution in [1.29, 1.82) is 0 Å². The molecule has 0 aliphatic carbocycles. The van der Waals surface area contributed by atoms with Gasteiger partial charge in [-0.15, -0.1) is 11.6 Å². The number of alkyl halides is 1. The lowest BCUT2D eigenvalue weighted by Gasteiger charge is -2.15. The predicted molar refractivity (Wildman–Crippen MR) is 76.9 cm³/mol. The van der Waals surface area contributed by atoms with E-state index in [9.17, 15) is 8.42 Å². The van der Waals surface area contributed by atoms with Crippen LogP contribution in [0.3, 0.4) is 0 Å². The first-order valence-electron chi connectivity index (χ1n) is 6.63. The largest absolute Gasteiger partial charge is 0.346 e. The SMILES string of the molecule is CC1CCN(S(=O)(=O)c2cc(CCl)n(C(C)C)c2)C1. The van der Waals surface area contributed by atoms with E-state index in [1.54, 1.807) is 16.6 Å². The lowest BCUT2D eigenvalue weighted by atomic mass is 10.2. The van der Waals surface area contributed by atoms with Crippen LogP contribution in [0.1, 0.15) is 38.9 Å². The molecule has 0 radical (unpaired) electrons. The van der Waals surface area contributed by atoms with E-state index in [-0.39, 0.29) is 6.04 Å². The summed E-state index contributed by atoms with van der Waals surface area (Å²) in [5, 5.41) is 0. The van der Waals surface area contributed by atoms with E-state index >= 15 is 0 Å². The smallest absolute Gasteiger partial charge is 0.244 e. The molecule has 6 heteroatoms. The van der Waals surface area contributed by atoms with Crippen LogP contribution < -0.4 is 0 Å². The van der Waals surface area contributed by atoms with Gasteiger partial charge in [0.15, 0.2) is 0 Å². The highest BCUT2D eigenvalue weighted by Crippen LogP contribution is 2.27. The van der Waals surface area contributed by atoms with E-state index in [0.717, 1.165) is 12.1 Å². The van der Waals surface area contributed by atoms with E-state index < -0.39 is 10.0 Å². The lowest BCUT2D eigenvalue weighted by molar-refractivity contribution is 0.464. The summed E-state index contributed by atoms with van der Waals surface area (Å²) >= 11 is 5.89. The average Bonchev–Trinajstić information content (AvgIpc) is 2.94. The normalized spacial score (nSPS) is 21.4. The van der Waals surface area contributed by atoms with Crippen LogP contribution in [0.25, 0.3) is 0 Å². The predicted octanol–water partition coefficient (Wildman–Crippen LogP) is 2.84. The molecule has 0 aromatic carbocycles. The molecule has 2 rings (SSSR count). The molecule has 1 aromatic rings. The molecule has 0 saturated carbocycles. The second kappa shape index (κ2) is 5.46. The number of hydrogen-bond acceptors (Lipinski definition) is 2. The van der Waals surface area contributed by atoms with Crippen LogP contribution in [-0.2, 0) is 15.9 Å². The molecule has 0 bridgehead atoms. The molecule has 1 atom stereocenters. The molecule has 1 unspecified atom stereocenters. The van der Waals surface area contributed by atoms with Crippen LogP contribution in [0.4, 0.5) is 0 Å². The van der Waals surface area contributed by atoms with Crippen LogP contribution in [0.5, 0.6) is 0 Å². The van der Waals surface area contributed by atoms with Crippen molar-refractivity contribution in [2.24, 2.45) is 5.92 Å². The molecular weight excluding hydrogens is 284 g/mol. The van der Waals surface area contributed by atoms with Crippen LogP contribution in [0.15, 0.2) is 17.2 Å². The summed E-state index contributed by atoms with van der Waals surface area (Å²) in [4.78, 5) is 0.367. The fourth-order valence-electron chi connectivity index (χ4n) is 2.49. The first-order chi connectivity index (χ1) is 8.86. The monoisotopic (exact) mass is 304 g/mol. The Labute approximate surface area is 120 Å². The fraction of sp³-hybridized carbons (Fsp3) is 0.692. The number of hydrogen-bond donors (Lipinski definition) is 0. The number of rotatable bonds is 4. The molecule has 1 aromatic heterocycles. The highest BCUT2D eigenvalue weighted by Gasteiger charge is 2.31. The van der Waals surface area contributed by atoms with Crippen LogP contribution in [-0.4, -0.2) is 30.4 Å². The highest BCUT2D eigenvalue weighted by molar-refractivity contribution is 7.89. The van der Waals surface area contributed by atoms with Crippen molar-refractivity contribution in [2.75, 3.05) is 13.1 Å². The highest BCUT2D eigenvalue weighted by atomic mass is 35.5. The lowest BCUT2D eigenvalue weighted by Crippen LogP contribution is -2.28. The Morgan fingerprint density at radius 1 is 1.47 bits per heavy atom. The van der Waals surface area contributed by atoms with Gasteiger partial charge in [0.25, 0.3) is 0 Å². The molecule has 1 aliphatic rings. The maximum atomic E-state index is 12.6. The first-order valence-corrected chi connectivity index (χ1v) is 8.60. The minimum absolute atomic E-state index is 0.204. The molecular formula is C13H21ClN2O2S. The average molecular weight is 305 g/mol. The summed E-state index contributed by atoms with van der Waals surface area (Å²) < 4.78 is 28.6. The third-order valence-corrected chi connectivity index (χ3v) is 5.73. The van der Waals surface area contributed by atoms with Crippen molar-refractivity contribution in [2.45, 2.75) is 44.0 Å². The van der Waals surface area contributed by atoms with Crippen molar-refractivity contribution in [3.8, 4) is 0 Å². The Hall–Kier alpha value is -0.520. The van der Waals surface area contributed by atoms with Gasteiger partial charge in [-0.05, 0) is 32.3 Å². The quantitative estimate of drug-likeness (QED) is 0.803. The van der Waals surface area contributed by atoms with Gasteiger partial charge >= 0.3 is 0 Å². The standard InChI is InChI=1S/C13H21ClN2O2S/c1-10(2)16-9-13(6-12(16)7-14)19(17,18)15-5-4-11(3)8-15/h6,9-11H,4-5,7-8H2,1-3H3. The Kier molecular flexibility index (Phi) is 4.28. The zero-order valence-electron chi connectivity index (χ0n) is 11.6. The molecule has 19 heavy (non-hydrogen) atoms. The van der Waals surface area contributed by atoms with Gasteiger partial charge in [-0.25, -0.2) is 8.42 Å². The van der Waals surface area contributed by atoms with Gasteiger partial charge in [0.1, 0.15) is 4.90 Å². The van der Waals surface area contributed by atoms with E-state index in [0.29, 0.717) is 29.8 Å². The summed E-state index contributed by atoms with van der Waals surface area (Å²) in [6.45, 7) is 7.35. The molecule has 0 N–H and O–H groups in total. The number of halogens is 1. The maximum Gasteiger partial charge on any atom is 0.244 e. The van der Waals surface area contributed by atoms with Crippen molar-refractivity contribution >= 4 is 21.6 Å². The Morgan fingerprint density at radius 3 is 2.58 bits per heavy atom. The Bertz CT molecular complexity index is 551.